The van der Waals surface area contributed by atoms with Gasteiger partial charge in [-0.2, -0.15) is 0 Å². The molecule has 1 rings (SSSR count). The van der Waals surface area contributed by atoms with E-state index in [-0.39, 0.29) is 0 Å². The van der Waals surface area contributed by atoms with Crippen molar-refractivity contribution < 1.29 is 0 Å². The van der Waals surface area contributed by atoms with Crippen LogP contribution in [0.25, 0.3) is 0 Å². The highest BCUT2D eigenvalue weighted by atomic mass is 14.1. The molecule has 0 bridgehead atoms. The molecule has 0 aliphatic heterocycles. The SMILES string of the molecule is C=CC(C)Cc1ccc(CC(C)C)cc1.CC. The van der Waals surface area contributed by atoms with Gasteiger partial charge in [-0.1, -0.05) is 65.0 Å². The Hall–Kier alpha value is -1.04. The quantitative estimate of drug-likeness (QED) is 0.606. The van der Waals surface area contributed by atoms with Gasteiger partial charge in [0.1, 0.15) is 0 Å². The Morgan fingerprint density at radius 1 is 0.941 bits per heavy atom. The van der Waals surface area contributed by atoms with E-state index in [0.717, 1.165) is 12.3 Å². The van der Waals surface area contributed by atoms with Crippen molar-refractivity contribution in [1.29, 1.82) is 0 Å². The average Bonchev–Trinajstić information content (AvgIpc) is 2.33. The first-order chi connectivity index (χ1) is 8.11. The Morgan fingerprint density at radius 2 is 1.35 bits per heavy atom. The fourth-order valence-corrected chi connectivity index (χ4v) is 1.74. The van der Waals surface area contributed by atoms with Crippen LogP contribution in [0.1, 0.15) is 45.7 Å². The lowest BCUT2D eigenvalue weighted by molar-refractivity contribution is 0.646. The molecule has 0 fully saturated rings. The fourth-order valence-electron chi connectivity index (χ4n) is 1.74. The van der Waals surface area contributed by atoms with Gasteiger partial charge in [-0.25, -0.2) is 0 Å². The maximum absolute atomic E-state index is 3.81. The molecule has 0 amide bonds. The van der Waals surface area contributed by atoms with Gasteiger partial charge in [-0.05, 0) is 35.8 Å². The number of hydrogen-bond acceptors (Lipinski definition) is 0. The molecule has 0 nitrogen and oxygen atoms in total. The number of hydrogen-bond donors (Lipinski definition) is 0. The van der Waals surface area contributed by atoms with Crippen molar-refractivity contribution >= 4 is 0 Å². The first-order valence-corrected chi connectivity index (χ1v) is 6.82. The van der Waals surface area contributed by atoms with Gasteiger partial charge < -0.3 is 0 Å². The van der Waals surface area contributed by atoms with Gasteiger partial charge >= 0.3 is 0 Å². The zero-order chi connectivity index (χ0) is 13.3. The van der Waals surface area contributed by atoms with Crippen LogP contribution in [-0.4, -0.2) is 0 Å². The summed E-state index contributed by atoms with van der Waals surface area (Å²) in [5.41, 5.74) is 2.86. The van der Waals surface area contributed by atoms with Gasteiger partial charge in [0.2, 0.25) is 0 Å². The summed E-state index contributed by atoms with van der Waals surface area (Å²) in [5.74, 6) is 1.31. The van der Waals surface area contributed by atoms with Gasteiger partial charge in [0, 0.05) is 0 Å². The van der Waals surface area contributed by atoms with Crippen LogP contribution < -0.4 is 0 Å². The average molecular weight is 232 g/mol. The van der Waals surface area contributed by atoms with Crippen LogP contribution in [0.5, 0.6) is 0 Å². The summed E-state index contributed by atoms with van der Waals surface area (Å²) in [6, 6.07) is 9.01. The lowest BCUT2D eigenvalue weighted by Gasteiger charge is -2.08. The van der Waals surface area contributed by atoms with Gasteiger partial charge in [0.15, 0.2) is 0 Å². The highest BCUT2D eigenvalue weighted by Gasteiger charge is 2.00. The van der Waals surface area contributed by atoms with E-state index in [2.05, 4.69) is 51.6 Å². The van der Waals surface area contributed by atoms with Crippen LogP contribution in [-0.2, 0) is 12.8 Å². The molecule has 0 aliphatic rings. The van der Waals surface area contributed by atoms with Crippen LogP contribution in [0.3, 0.4) is 0 Å². The number of allylic oxidation sites excluding steroid dienone is 1. The van der Waals surface area contributed by atoms with E-state index in [1.165, 1.54) is 17.5 Å². The summed E-state index contributed by atoms with van der Waals surface area (Å²) in [5, 5.41) is 0. The molecule has 1 atom stereocenters. The van der Waals surface area contributed by atoms with Crippen molar-refractivity contribution in [3.63, 3.8) is 0 Å². The summed E-state index contributed by atoms with van der Waals surface area (Å²) in [4.78, 5) is 0. The molecule has 0 spiro atoms. The largest absolute Gasteiger partial charge is 0.103 e. The third-order valence-electron chi connectivity index (χ3n) is 2.63. The molecule has 0 saturated heterocycles. The molecule has 1 unspecified atom stereocenters. The van der Waals surface area contributed by atoms with Crippen molar-refractivity contribution in [3.8, 4) is 0 Å². The minimum Gasteiger partial charge on any atom is -0.103 e. The van der Waals surface area contributed by atoms with Crippen LogP contribution in [0, 0.1) is 11.8 Å². The van der Waals surface area contributed by atoms with Crippen molar-refractivity contribution in [2.75, 3.05) is 0 Å². The summed E-state index contributed by atoms with van der Waals surface area (Å²) in [6.45, 7) is 14.5. The minimum atomic E-state index is 0.570. The second kappa shape index (κ2) is 9.04. The van der Waals surface area contributed by atoms with Gasteiger partial charge in [0.05, 0.1) is 0 Å². The van der Waals surface area contributed by atoms with Gasteiger partial charge in [0.25, 0.3) is 0 Å². The third-order valence-corrected chi connectivity index (χ3v) is 2.63. The zero-order valence-electron chi connectivity index (χ0n) is 12.2. The highest BCUT2D eigenvalue weighted by Crippen LogP contribution is 2.13. The van der Waals surface area contributed by atoms with Crippen molar-refractivity contribution in [3.05, 3.63) is 48.0 Å². The molecule has 96 valence electrons. The zero-order valence-corrected chi connectivity index (χ0v) is 12.2. The Balaban J connectivity index is 0.00000121. The monoisotopic (exact) mass is 232 g/mol. The van der Waals surface area contributed by atoms with Crippen LogP contribution >= 0.6 is 0 Å². The molecule has 1 aromatic carbocycles. The minimum absolute atomic E-state index is 0.570. The van der Waals surface area contributed by atoms with E-state index in [0.29, 0.717) is 5.92 Å². The van der Waals surface area contributed by atoms with Crippen LogP contribution in [0.2, 0.25) is 0 Å². The molecule has 0 aliphatic carbocycles. The maximum Gasteiger partial charge on any atom is -0.0218 e. The molecular weight excluding hydrogens is 204 g/mol. The number of benzene rings is 1. The molecule has 1 aromatic rings. The van der Waals surface area contributed by atoms with Crippen LogP contribution in [0.4, 0.5) is 0 Å². The summed E-state index contributed by atoms with van der Waals surface area (Å²) in [6.07, 6.45) is 4.30. The first kappa shape index (κ1) is 16.0. The molecule has 0 radical (unpaired) electrons. The van der Waals surface area contributed by atoms with E-state index >= 15 is 0 Å². The Bertz CT molecular complexity index is 292. The van der Waals surface area contributed by atoms with Crippen molar-refractivity contribution in [1.82, 2.24) is 0 Å². The Labute approximate surface area is 108 Å². The lowest BCUT2D eigenvalue weighted by atomic mass is 9.97. The van der Waals surface area contributed by atoms with E-state index in [9.17, 15) is 0 Å². The lowest BCUT2D eigenvalue weighted by Crippen LogP contribution is -1.97. The standard InChI is InChI=1S/C15H22.C2H6/c1-5-13(4)11-15-8-6-14(7-9-15)10-12(2)3;1-2/h5-9,12-13H,1,10-11H2,2-4H3;1-2H3. The Kier molecular flexibility index (Phi) is 8.49. The predicted octanol–water partition coefficient (Wildman–Crippen LogP) is 5.28. The third kappa shape index (κ3) is 6.99. The molecule has 17 heavy (non-hydrogen) atoms. The maximum atomic E-state index is 3.81. The first-order valence-electron chi connectivity index (χ1n) is 6.82. The molecule has 0 N–H and O–H groups in total. The molecule has 0 heteroatoms. The molecule has 0 aromatic heterocycles. The summed E-state index contributed by atoms with van der Waals surface area (Å²) in [7, 11) is 0. The number of rotatable bonds is 5. The van der Waals surface area contributed by atoms with Crippen LogP contribution in [0.15, 0.2) is 36.9 Å². The van der Waals surface area contributed by atoms with Crippen molar-refractivity contribution in [2.24, 2.45) is 11.8 Å². The van der Waals surface area contributed by atoms with E-state index in [1.807, 2.05) is 19.9 Å². The van der Waals surface area contributed by atoms with E-state index in [4.69, 9.17) is 0 Å². The summed E-state index contributed by atoms with van der Waals surface area (Å²) < 4.78 is 0. The van der Waals surface area contributed by atoms with E-state index in [1.54, 1.807) is 0 Å². The van der Waals surface area contributed by atoms with Gasteiger partial charge in [-0.15, -0.1) is 6.58 Å². The highest BCUT2D eigenvalue weighted by molar-refractivity contribution is 5.23. The van der Waals surface area contributed by atoms with E-state index < -0.39 is 0 Å². The second-order valence-electron chi connectivity index (χ2n) is 4.83. The predicted molar refractivity (Wildman–Crippen MR) is 79.4 cm³/mol. The fraction of sp³-hybridized carbons (Fsp3) is 0.529. The second-order valence-corrected chi connectivity index (χ2v) is 4.83. The van der Waals surface area contributed by atoms with Crippen molar-refractivity contribution in [2.45, 2.75) is 47.5 Å². The molecule has 0 heterocycles. The smallest absolute Gasteiger partial charge is 0.0218 e. The van der Waals surface area contributed by atoms with Gasteiger partial charge in [-0.3, -0.25) is 0 Å². The topological polar surface area (TPSA) is 0 Å². The summed E-state index contributed by atoms with van der Waals surface area (Å²) >= 11 is 0. The Morgan fingerprint density at radius 3 is 1.71 bits per heavy atom. The molecular formula is C17H28. The normalized spacial score (nSPS) is 11.6. The molecule has 0 saturated carbocycles.